The Kier molecular flexibility index (Phi) is 3.57. The molecule has 5 heteroatoms. The van der Waals surface area contributed by atoms with E-state index in [0.29, 0.717) is 17.2 Å². The second-order valence-electron chi connectivity index (χ2n) is 5.55. The van der Waals surface area contributed by atoms with Crippen molar-refractivity contribution in [2.45, 2.75) is 25.7 Å². The summed E-state index contributed by atoms with van der Waals surface area (Å²) in [6.45, 7) is 0. The Balaban J connectivity index is 2.03. The molecule has 3 rings (SSSR count). The van der Waals surface area contributed by atoms with Gasteiger partial charge < -0.3 is 9.47 Å². The number of benzene rings is 1. The van der Waals surface area contributed by atoms with Crippen LogP contribution >= 0.6 is 0 Å². The molecule has 21 heavy (non-hydrogen) atoms. The van der Waals surface area contributed by atoms with Crippen LogP contribution in [0.4, 0.5) is 5.69 Å². The minimum Gasteiger partial charge on any atom is -0.497 e. The van der Waals surface area contributed by atoms with Crippen LogP contribution in [-0.4, -0.2) is 26.0 Å². The van der Waals surface area contributed by atoms with Crippen molar-refractivity contribution >= 4 is 17.5 Å². The molecule has 5 nitrogen and oxygen atoms in total. The standard InChI is InChI=1S/C16H19NO4/c1-20-10-7-8-14(21-2)13(9-10)17-15(18)11-5-3-4-6-12(11)16(17)19/h7-9,11-12H,3-6H2,1-2H3/t11-,12-/m0/s1. The molecule has 0 aromatic heterocycles. The minimum atomic E-state index is -0.165. The highest BCUT2D eigenvalue weighted by Gasteiger charge is 2.49. The highest BCUT2D eigenvalue weighted by atomic mass is 16.5. The molecule has 1 aliphatic carbocycles. The summed E-state index contributed by atoms with van der Waals surface area (Å²) < 4.78 is 10.5. The molecule has 0 spiro atoms. The maximum absolute atomic E-state index is 12.6. The Morgan fingerprint density at radius 1 is 1.00 bits per heavy atom. The fraction of sp³-hybridized carbons (Fsp3) is 0.500. The van der Waals surface area contributed by atoms with Crippen molar-refractivity contribution in [1.82, 2.24) is 0 Å². The Bertz CT molecular complexity index is 560. The average molecular weight is 289 g/mol. The topological polar surface area (TPSA) is 55.8 Å². The number of amides is 2. The predicted octanol–water partition coefficient (Wildman–Crippen LogP) is 2.38. The largest absolute Gasteiger partial charge is 0.497 e. The zero-order chi connectivity index (χ0) is 15.0. The molecule has 0 bridgehead atoms. The van der Waals surface area contributed by atoms with Crippen molar-refractivity contribution < 1.29 is 19.1 Å². The molecule has 112 valence electrons. The van der Waals surface area contributed by atoms with Crippen LogP contribution in [0.2, 0.25) is 0 Å². The van der Waals surface area contributed by atoms with E-state index in [1.165, 1.54) is 12.0 Å². The highest BCUT2D eigenvalue weighted by molar-refractivity contribution is 6.22. The molecular weight excluding hydrogens is 270 g/mol. The third-order valence-corrected chi connectivity index (χ3v) is 4.47. The van der Waals surface area contributed by atoms with Crippen LogP contribution in [0.3, 0.4) is 0 Å². The van der Waals surface area contributed by atoms with E-state index in [1.54, 1.807) is 25.3 Å². The molecule has 0 N–H and O–H groups in total. The summed E-state index contributed by atoms with van der Waals surface area (Å²) in [4.78, 5) is 26.5. The second kappa shape index (κ2) is 5.39. The molecule has 1 saturated heterocycles. The zero-order valence-electron chi connectivity index (χ0n) is 12.3. The van der Waals surface area contributed by atoms with Gasteiger partial charge in [0.25, 0.3) is 0 Å². The van der Waals surface area contributed by atoms with Gasteiger partial charge in [-0.2, -0.15) is 0 Å². The summed E-state index contributed by atoms with van der Waals surface area (Å²) in [5, 5.41) is 0. The van der Waals surface area contributed by atoms with Gasteiger partial charge in [-0.1, -0.05) is 12.8 Å². The first kappa shape index (κ1) is 13.9. The summed E-state index contributed by atoms with van der Waals surface area (Å²) in [5.41, 5.74) is 0.487. The SMILES string of the molecule is COc1ccc(OC)c(N2C(=O)[C@H]3CCCC[C@@H]3C2=O)c1. The monoisotopic (exact) mass is 289 g/mol. The van der Waals surface area contributed by atoms with Crippen LogP contribution in [0.25, 0.3) is 0 Å². The van der Waals surface area contributed by atoms with E-state index in [4.69, 9.17) is 9.47 Å². The number of anilines is 1. The van der Waals surface area contributed by atoms with Gasteiger partial charge in [0.15, 0.2) is 0 Å². The minimum absolute atomic E-state index is 0.101. The van der Waals surface area contributed by atoms with E-state index < -0.39 is 0 Å². The van der Waals surface area contributed by atoms with Gasteiger partial charge >= 0.3 is 0 Å². The van der Waals surface area contributed by atoms with Crippen molar-refractivity contribution in [3.05, 3.63) is 18.2 Å². The normalized spacial score (nSPS) is 25.0. The van der Waals surface area contributed by atoms with Gasteiger partial charge in [0.05, 0.1) is 31.7 Å². The predicted molar refractivity (Wildman–Crippen MR) is 77.5 cm³/mol. The number of hydrogen-bond acceptors (Lipinski definition) is 4. The maximum atomic E-state index is 12.6. The van der Waals surface area contributed by atoms with E-state index >= 15 is 0 Å². The Morgan fingerprint density at radius 2 is 1.62 bits per heavy atom. The van der Waals surface area contributed by atoms with Crippen LogP contribution in [0.15, 0.2) is 18.2 Å². The Hall–Kier alpha value is -2.04. The molecule has 1 aromatic carbocycles. The molecule has 2 amide bonds. The van der Waals surface area contributed by atoms with Gasteiger partial charge in [-0.3, -0.25) is 9.59 Å². The first-order chi connectivity index (χ1) is 10.2. The number of carbonyl (C=O) groups excluding carboxylic acids is 2. The number of ether oxygens (including phenoxy) is 2. The summed E-state index contributed by atoms with van der Waals surface area (Å²) in [7, 11) is 3.09. The number of hydrogen-bond donors (Lipinski definition) is 0. The number of carbonyl (C=O) groups is 2. The maximum Gasteiger partial charge on any atom is 0.237 e. The lowest BCUT2D eigenvalue weighted by molar-refractivity contribution is -0.122. The van der Waals surface area contributed by atoms with Crippen molar-refractivity contribution in [2.75, 3.05) is 19.1 Å². The molecular formula is C16H19NO4. The molecule has 1 heterocycles. The second-order valence-corrected chi connectivity index (χ2v) is 5.55. The van der Waals surface area contributed by atoms with E-state index in [0.717, 1.165) is 25.7 Å². The van der Waals surface area contributed by atoms with Crippen molar-refractivity contribution in [2.24, 2.45) is 11.8 Å². The summed E-state index contributed by atoms with van der Waals surface area (Å²) in [6.07, 6.45) is 3.64. The lowest BCUT2D eigenvalue weighted by Crippen LogP contribution is -2.31. The molecule has 2 fully saturated rings. The van der Waals surface area contributed by atoms with E-state index in [-0.39, 0.29) is 23.7 Å². The number of nitrogens with zero attached hydrogens (tertiary/aromatic N) is 1. The summed E-state index contributed by atoms with van der Waals surface area (Å²) in [6, 6.07) is 5.16. The smallest absolute Gasteiger partial charge is 0.237 e. The first-order valence-corrected chi connectivity index (χ1v) is 7.27. The van der Waals surface area contributed by atoms with E-state index in [9.17, 15) is 9.59 Å². The van der Waals surface area contributed by atoms with Crippen LogP contribution in [0.5, 0.6) is 11.5 Å². The molecule has 2 atom stereocenters. The summed E-state index contributed by atoms with van der Waals surface area (Å²) in [5.74, 6) is 0.578. The Labute approximate surface area is 123 Å². The first-order valence-electron chi connectivity index (χ1n) is 7.27. The van der Waals surface area contributed by atoms with Crippen LogP contribution < -0.4 is 14.4 Å². The molecule has 1 saturated carbocycles. The lowest BCUT2D eigenvalue weighted by atomic mass is 9.81. The fourth-order valence-corrected chi connectivity index (χ4v) is 3.37. The number of methoxy groups -OCH3 is 2. The number of rotatable bonds is 3. The molecule has 1 aromatic rings. The van der Waals surface area contributed by atoms with Crippen molar-refractivity contribution in [1.29, 1.82) is 0 Å². The van der Waals surface area contributed by atoms with Gasteiger partial charge in [-0.15, -0.1) is 0 Å². The fourth-order valence-electron chi connectivity index (χ4n) is 3.37. The van der Waals surface area contributed by atoms with Crippen LogP contribution in [0.1, 0.15) is 25.7 Å². The quantitative estimate of drug-likeness (QED) is 0.802. The molecule has 0 unspecified atom stereocenters. The van der Waals surface area contributed by atoms with Gasteiger partial charge in [0.2, 0.25) is 11.8 Å². The molecule has 0 radical (unpaired) electrons. The van der Waals surface area contributed by atoms with Gasteiger partial charge in [-0.05, 0) is 25.0 Å². The van der Waals surface area contributed by atoms with Crippen LogP contribution in [0, 0.1) is 11.8 Å². The summed E-state index contributed by atoms with van der Waals surface area (Å²) >= 11 is 0. The molecule has 1 aliphatic heterocycles. The highest BCUT2D eigenvalue weighted by Crippen LogP contribution is 2.43. The van der Waals surface area contributed by atoms with Gasteiger partial charge in [-0.25, -0.2) is 4.90 Å². The van der Waals surface area contributed by atoms with Crippen LogP contribution in [-0.2, 0) is 9.59 Å². The Morgan fingerprint density at radius 3 is 2.14 bits per heavy atom. The third kappa shape index (κ3) is 2.17. The lowest BCUT2D eigenvalue weighted by Gasteiger charge is -2.19. The number of fused-ring (bicyclic) bond motifs is 1. The average Bonchev–Trinajstić information content (AvgIpc) is 2.78. The van der Waals surface area contributed by atoms with Crippen molar-refractivity contribution in [3.8, 4) is 11.5 Å². The van der Waals surface area contributed by atoms with E-state index in [2.05, 4.69) is 0 Å². The van der Waals surface area contributed by atoms with Crippen molar-refractivity contribution in [3.63, 3.8) is 0 Å². The third-order valence-electron chi connectivity index (χ3n) is 4.47. The van der Waals surface area contributed by atoms with Gasteiger partial charge in [0, 0.05) is 6.07 Å². The van der Waals surface area contributed by atoms with E-state index in [1.807, 2.05) is 0 Å². The number of imide groups is 1. The molecule has 2 aliphatic rings. The van der Waals surface area contributed by atoms with Gasteiger partial charge in [0.1, 0.15) is 11.5 Å². The zero-order valence-corrected chi connectivity index (χ0v) is 12.3.